The zero-order valence-electron chi connectivity index (χ0n) is 17.2. The predicted molar refractivity (Wildman–Crippen MR) is 126 cm³/mol. The first-order valence-electron chi connectivity index (χ1n) is 9.99. The first-order valence-corrected chi connectivity index (χ1v) is 10.8. The second-order valence-corrected chi connectivity index (χ2v) is 8.48. The third kappa shape index (κ3) is 3.37. The first-order chi connectivity index (χ1) is 15.1. The zero-order valence-corrected chi connectivity index (χ0v) is 18.8. The lowest BCUT2D eigenvalue weighted by atomic mass is 9.98. The van der Waals surface area contributed by atoms with Gasteiger partial charge in [0.1, 0.15) is 24.3 Å². The van der Waals surface area contributed by atoms with Crippen molar-refractivity contribution < 1.29 is 14.3 Å². The fraction of sp³-hybridized carbons (Fsp3) is 0.160. The SMILES string of the molecule is COc1ccc(N2C(=O)c3ccccc3N(C)C2C2=Cc3cc(Br)ccc3OC2)cc1. The monoisotopic (exact) mass is 476 g/mol. The Bertz CT molecular complexity index is 1190. The number of hydrogen-bond donors (Lipinski definition) is 0. The standard InChI is InChI=1S/C25H21BrN2O3/c1-27-22-6-4-3-5-21(22)25(29)28(19-8-10-20(30-2)11-9-19)24(27)17-13-16-14-18(26)7-12-23(16)31-15-17/h3-14,24H,15H2,1-2H3. The smallest absolute Gasteiger partial charge is 0.262 e. The molecule has 1 unspecified atom stereocenters. The van der Waals surface area contributed by atoms with Crippen molar-refractivity contribution in [3.05, 3.63) is 87.9 Å². The van der Waals surface area contributed by atoms with E-state index in [1.807, 2.05) is 78.7 Å². The molecule has 5 nitrogen and oxygen atoms in total. The number of nitrogens with zero attached hydrogens (tertiary/aromatic N) is 2. The van der Waals surface area contributed by atoms with Gasteiger partial charge in [-0.05, 0) is 60.7 Å². The van der Waals surface area contributed by atoms with Crippen LogP contribution in [0.15, 0.2) is 76.8 Å². The number of para-hydroxylation sites is 1. The van der Waals surface area contributed by atoms with Gasteiger partial charge in [0.2, 0.25) is 0 Å². The minimum absolute atomic E-state index is 0.0372. The molecule has 0 aliphatic carbocycles. The number of rotatable bonds is 3. The van der Waals surface area contributed by atoms with Crippen molar-refractivity contribution in [2.24, 2.45) is 0 Å². The summed E-state index contributed by atoms with van der Waals surface area (Å²) >= 11 is 3.54. The lowest BCUT2D eigenvalue weighted by Gasteiger charge is -2.45. The number of likely N-dealkylation sites (N-methyl/N-ethyl adjacent to an activating group) is 1. The number of fused-ring (bicyclic) bond motifs is 2. The Labute approximate surface area is 189 Å². The normalized spacial score (nSPS) is 17.5. The number of carbonyl (C=O) groups excluding carboxylic acids is 1. The molecule has 0 aromatic heterocycles. The molecule has 1 atom stereocenters. The summed E-state index contributed by atoms with van der Waals surface area (Å²) in [5, 5.41) is 0. The molecule has 5 rings (SSSR count). The van der Waals surface area contributed by atoms with Gasteiger partial charge in [0.05, 0.1) is 18.4 Å². The molecule has 3 aromatic rings. The number of ether oxygens (including phenoxy) is 2. The summed E-state index contributed by atoms with van der Waals surface area (Å²) in [6, 6.07) is 21.3. The molecule has 6 heteroatoms. The summed E-state index contributed by atoms with van der Waals surface area (Å²) in [6.07, 6.45) is 1.81. The maximum Gasteiger partial charge on any atom is 0.262 e. The van der Waals surface area contributed by atoms with Gasteiger partial charge in [0.25, 0.3) is 5.91 Å². The number of carbonyl (C=O) groups is 1. The highest BCUT2D eigenvalue weighted by atomic mass is 79.9. The van der Waals surface area contributed by atoms with Crippen LogP contribution >= 0.6 is 15.9 Å². The molecule has 2 aliphatic heterocycles. The minimum atomic E-state index is -0.317. The topological polar surface area (TPSA) is 42.0 Å². The van der Waals surface area contributed by atoms with E-state index in [1.165, 1.54) is 0 Å². The highest BCUT2D eigenvalue weighted by molar-refractivity contribution is 9.10. The van der Waals surface area contributed by atoms with Crippen LogP contribution in [0.25, 0.3) is 6.08 Å². The second-order valence-electron chi connectivity index (χ2n) is 7.56. The van der Waals surface area contributed by atoms with Gasteiger partial charge >= 0.3 is 0 Å². The first kappa shape index (κ1) is 19.7. The number of halogens is 1. The minimum Gasteiger partial charge on any atom is -0.497 e. The van der Waals surface area contributed by atoms with Crippen molar-refractivity contribution in [2.45, 2.75) is 6.17 Å². The molecular weight excluding hydrogens is 456 g/mol. The van der Waals surface area contributed by atoms with Crippen LogP contribution in [0.3, 0.4) is 0 Å². The van der Waals surface area contributed by atoms with Crippen LogP contribution in [0.5, 0.6) is 11.5 Å². The Balaban J connectivity index is 1.66. The Hall–Kier alpha value is -3.25. The molecule has 1 amide bonds. The van der Waals surface area contributed by atoms with Crippen molar-refractivity contribution in [3.63, 3.8) is 0 Å². The van der Waals surface area contributed by atoms with Gasteiger partial charge in [0.15, 0.2) is 0 Å². The van der Waals surface area contributed by atoms with Gasteiger partial charge in [0, 0.05) is 28.3 Å². The molecule has 0 bridgehead atoms. The molecule has 0 saturated heterocycles. The fourth-order valence-corrected chi connectivity index (χ4v) is 4.62. The van der Waals surface area contributed by atoms with E-state index in [4.69, 9.17) is 9.47 Å². The molecular formula is C25H21BrN2O3. The van der Waals surface area contributed by atoms with Gasteiger partial charge in [-0.2, -0.15) is 0 Å². The van der Waals surface area contributed by atoms with Crippen molar-refractivity contribution in [1.82, 2.24) is 0 Å². The number of amides is 1. The summed E-state index contributed by atoms with van der Waals surface area (Å²) in [6.45, 7) is 0.408. The Kier molecular flexibility index (Phi) is 4.94. The van der Waals surface area contributed by atoms with E-state index in [-0.39, 0.29) is 12.1 Å². The Morgan fingerprint density at radius 2 is 1.84 bits per heavy atom. The largest absolute Gasteiger partial charge is 0.497 e. The molecule has 2 aliphatic rings. The van der Waals surface area contributed by atoms with Crippen molar-refractivity contribution in [3.8, 4) is 11.5 Å². The Morgan fingerprint density at radius 1 is 1.06 bits per heavy atom. The van der Waals surface area contributed by atoms with Crippen molar-refractivity contribution in [2.75, 3.05) is 30.6 Å². The molecule has 0 fully saturated rings. The van der Waals surface area contributed by atoms with E-state index in [0.29, 0.717) is 12.2 Å². The van der Waals surface area contributed by atoms with Crippen LogP contribution in [0.4, 0.5) is 11.4 Å². The number of benzene rings is 3. The highest BCUT2D eigenvalue weighted by Gasteiger charge is 2.39. The zero-order chi connectivity index (χ0) is 21.5. The van der Waals surface area contributed by atoms with E-state index < -0.39 is 0 Å². The van der Waals surface area contributed by atoms with Crippen molar-refractivity contribution in [1.29, 1.82) is 0 Å². The van der Waals surface area contributed by atoms with Gasteiger partial charge in [-0.15, -0.1) is 0 Å². The summed E-state index contributed by atoms with van der Waals surface area (Å²) in [4.78, 5) is 17.6. The van der Waals surface area contributed by atoms with Gasteiger partial charge in [-0.1, -0.05) is 28.1 Å². The van der Waals surface area contributed by atoms with E-state index in [0.717, 1.165) is 38.5 Å². The van der Waals surface area contributed by atoms with E-state index in [1.54, 1.807) is 7.11 Å². The maximum atomic E-state index is 13.7. The quantitative estimate of drug-likeness (QED) is 0.510. The molecule has 3 aromatic carbocycles. The molecule has 2 heterocycles. The van der Waals surface area contributed by atoms with Gasteiger partial charge < -0.3 is 14.4 Å². The van der Waals surface area contributed by atoms with Crippen molar-refractivity contribution >= 4 is 39.3 Å². The molecule has 0 saturated carbocycles. The summed E-state index contributed by atoms with van der Waals surface area (Å²) < 4.78 is 12.4. The number of anilines is 2. The molecule has 0 radical (unpaired) electrons. The second kappa shape index (κ2) is 7.78. The fourth-order valence-electron chi connectivity index (χ4n) is 4.24. The number of hydrogen-bond acceptors (Lipinski definition) is 4. The van der Waals surface area contributed by atoms with E-state index in [9.17, 15) is 4.79 Å². The molecule has 31 heavy (non-hydrogen) atoms. The summed E-state index contributed by atoms with van der Waals surface area (Å²) in [5.41, 5.74) is 4.38. The van der Waals surface area contributed by atoms with E-state index >= 15 is 0 Å². The maximum absolute atomic E-state index is 13.7. The number of methoxy groups -OCH3 is 1. The lowest BCUT2D eigenvalue weighted by Crippen LogP contribution is -2.56. The van der Waals surface area contributed by atoms with Crippen LogP contribution < -0.4 is 19.3 Å². The third-order valence-electron chi connectivity index (χ3n) is 5.73. The molecule has 156 valence electrons. The van der Waals surface area contributed by atoms with Crippen LogP contribution in [0.1, 0.15) is 15.9 Å². The summed E-state index contributed by atoms with van der Waals surface area (Å²) in [7, 11) is 3.65. The van der Waals surface area contributed by atoms with Crippen LogP contribution in [-0.2, 0) is 0 Å². The Morgan fingerprint density at radius 3 is 2.61 bits per heavy atom. The lowest BCUT2D eigenvalue weighted by molar-refractivity contribution is 0.0973. The van der Waals surface area contributed by atoms with Crippen LogP contribution in [0.2, 0.25) is 0 Å². The third-order valence-corrected chi connectivity index (χ3v) is 6.23. The van der Waals surface area contributed by atoms with Crippen LogP contribution in [-0.4, -0.2) is 32.8 Å². The molecule has 0 N–H and O–H groups in total. The van der Waals surface area contributed by atoms with E-state index in [2.05, 4.69) is 26.9 Å². The predicted octanol–water partition coefficient (Wildman–Crippen LogP) is 5.36. The highest BCUT2D eigenvalue weighted by Crippen LogP contribution is 2.39. The molecule has 0 spiro atoms. The summed E-state index contributed by atoms with van der Waals surface area (Å²) in [5.74, 6) is 1.55. The average Bonchev–Trinajstić information content (AvgIpc) is 2.81. The van der Waals surface area contributed by atoms with Gasteiger partial charge in [-0.3, -0.25) is 9.69 Å². The van der Waals surface area contributed by atoms with Gasteiger partial charge in [-0.25, -0.2) is 0 Å². The van der Waals surface area contributed by atoms with Crippen LogP contribution in [0, 0.1) is 0 Å². The average molecular weight is 477 g/mol.